The molecule has 21 heavy (non-hydrogen) atoms. The third kappa shape index (κ3) is 4.07. The summed E-state index contributed by atoms with van der Waals surface area (Å²) in [7, 11) is 0. The zero-order chi connectivity index (χ0) is 15.2. The zero-order valence-corrected chi connectivity index (χ0v) is 11.8. The monoisotopic (exact) mass is 301 g/mol. The van der Waals surface area contributed by atoms with Crippen molar-refractivity contribution < 1.29 is 13.2 Å². The number of halogens is 3. The molecule has 0 unspecified atom stereocenters. The molecule has 0 aliphatic heterocycles. The van der Waals surface area contributed by atoms with Gasteiger partial charge in [-0.15, -0.1) is 0 Å². The second-order valence-electron chi connectivity index (χ2n) is 4.67. The van der Waals surface area contributed by atoms with Gasteiger partial charge in [0.2, 0.25) is 0 Å². The zero-order valence-electron chi connectivity index (χ0n) is 11.8. The maximum Gasteiger partial charge on any atom is 0.257 e. The number of hydrogen-bond donors (Lipinski definition) is 1. The SMILES string of the molecule is Cc1c(CNCc2ccnn2CCF)cnn1CC(F)F. The second kappa shape index (κ2) is 7.26. The van der Waals surface area contributed by atoms with E-state index in [1.165, 1.54) is 4.68 Å². The average molecular weight is 301 g/mol. The topological polar surface area (TPSA) is 47.7 Å². The first kappa shape index (κ1) is 15.6. The van der Waals surface area contributed by atoms with Crippen LogP contribution in [0.4, 0.5) is 13.2 Å². The molecule has 2 heterocycles. The van der Waals surface area contributed by atoms with Crippen molar-refractivity contribution in [3.63, 3.8) is 0 Å². The van der Waals surface area contributed by atoms with Gasteiger partial charge in [0.15, 0.2) is 0 Å². The normalized spacial score (nSPS) is 11.5. The highest BCUT2D eigenvalue weighted by atomic mass is 19.3. The molecule has 0 aromatic carbocycles. The summed E-state index contributed by atoms with van der Waals surface area (Å²) in [5.74, 6) is 0. The highest BCUT2D eigenvalue weighted by Crippen LogP contribution is 2.09. The molecule has 0 saturated heterocycles. The molecule has 2 aromatic rings. The summed E-state index contributed by atoms with van der Waals surface area (Å²) in [5, 5.41) is 11.2. The maximum atomic E-state index is 12.3. The number of hydrogen-bond acceptors (Lipinski definition) is 3. The molecule has 5 nitrogen and oxygen atoms in total. The molecular formula is C13H18F3N5. The summed E-state index contributed by atoms with van der Waals surface area (Å²) in [4.78, 5) is 0. The third-order valence-electron chi connectivity index (χ3n) is 3.24. The second-order valence-corrected chi connectivity index (χ2v) is 4.67. The molecule has 0 spiro atoms. The van der Waals surface area contributed by atoms with Crippen molar-refractivity contribution >= 4 is 0 Å². The largest absolute Gasteiger partial charge is 0.307 e. The first-order valence-electron chi connectivity index (χ1n) is 6.68. The van der Waals surface area contributed by atoms with Crippen molar-refractivity contribution in [2.45, 2.75) is 39.5 Å². The summed E-state index contributed by atoms with van der Waals surface area (Å²) >= 11 is 0. The Morgan fingerprint density at radius 2 is 2.05 bits per heavy atom. The van der Waals surface area contributed by atoms with E-state index in [0.717, 1.165) is 17.0 Å². The summed E-state index contributed by atoms with van der Waals surface area (Å²) in [6, 6.07) is 1.82. The van der Waals surface area contributed by atoms with E-state index >= 15 is 0 Å². The minimum Gasteiger partial charge on any atom is -0.307 e. The molecule has 0 radical (unpaired) electrons. The fraction of sp³-hybridized carbons (Fsp3) is 0.538. The number of rotatable bonds is 8. The van der Waals surface area contributed by atoms with Crippen molar-refractivity contribution in [2.75, 3.05) is 6.67 Å². The van der Waals surface area contributed by atoms with Gasteiger partial charge < -0.3 is 5.32 Å². The van der Waals surface area contributed by atoms with E-state index in [9.17, 15) is 13.2 Å². The lowest BCUT2D eigenvalue weighted by Crippen LogP contribution is -2.17. The van der Waals surface area contributed by atoms with Gasteiger partial charge in [-0.1, -0.05) is 0 Å². The summed E-state index contributed by atoms with van der Waals surface area (Å²) in [5.41, 5.74) is 2.47. The Morgan fingerprint density at radius 3 is 2.76 bits per heavy atom. The smallest absolute Gasteiger partial charge is 0.257 e. The Morgan fingerprint density at radius 1 is 1.24 bits per heavy atom. The maximum absolute atomic E-state index is 12.3. The summed E-state index contributed by atoms with van der Waals surface area (Å²) in [6.07, 6.45) is 0.793. The van der Waals surface area contributed by atoms with Crippen LogP contribution in [-0.4, -0.2) is 32.7 Å². The van der Waals surface area contributed by atoms with Crippen LogP contribution in [0.3, 0.4) is 0 Å². The van der Waals surface area contributed by atoms with Crippen molar-refractivity contribution in [3.05, 3.63) is 35.4 Å². The quantitative estimate of drug-likeness (QED) is 0.810. The van der Waals surface area contributed by atoms with E-state index in [-0.39, 0.29) is 6.54 Å². The fourth-order valence-corrected chi connectivity index (χ4v) is 2.09. The van der Waals surface area contributed by atoms with Gasteiger partial charge in [-0.2, -0.15) is 10.2 Å². The minimum absolute atomic E-state index is 0.232. The van der Waals surface area contributed by atoms with Gasteiger partial charge in [0.25, 0.3) is 6.43 Å². The van der Waals surface area contributed by atoms with Crippen LogP contribution < -0.4 is 5.32 Å². The van der Waals surface area contributed by atoms with Gasteiger partial charge in [-0.25, -0.2) is 13.2 Å². The standard InChI is InChI=1S/C13H18F3N5/c1-10-11(7-19-21(10)9-13(15)16)6-17-8-12-2-4-18-20(12)5-3-14/h2,4,7,13,17H,3,5-6,8-9H2,1H3. The Balaban J connectivity index is 1.88. The molecule has 0 aliphatic rings. The lowest BCUT2D eigenvalue weighted by atomic mass is 10.2. The van der Waals surface area contributed by atoms with Crippen LogP contribution in [0.1, 0.15) is 17.0 Å². The Kier molecular flexibility index (Phi) is 5.38. The van der Waals surface area contributed by atoms with E-state index < -0.39 is 19.6 Å². The van der Waals surface area contributed by atoms with Gasteiger partial charge in [0.1, 0.15) is 13.2 Å². The molecular weight excluding hydrogens is 283 g/mol. The number of aryl methyl sites for hydroxylation is 1. The molecule has 8 heteroatoms. The number of nitrogens with one attached hydrogen (secondary N) is 1. The van der Waals surface area contributed by atoms with Crippen LogP contribution in [0.2, 0.25) is 0 Å². The van der Waals surface area contributed by atoms with Crippen molar-refractivity contribution in [2.24, 2.45) is 0 Å². The van der Waals surface area contributed by atoms with Crippen molar-refractivity contribution in [1.29, 1.82) is 0 Å². The van der Waals surface area contributed by atoms with Gasteiger partial charge >= 0.3 is 0 Å². The first-order valence-corrected chi connectivity index (χ1v) is 6.68. The Bertz CT molecular complexity index is 564. The van der Waals surface area contributed by atoms with Crippen molar-refractivity contribution in [3.8, 4) is 0 Å². The van der Waals surface area contributed by atoms with Crippen molar-refractivity contribution in [1.82, 2.24) is 24.9 Å². The van der Waals surface area contributed by atoms with Crippen LogP contribution >= 0.6 is 0 Å². The molecule has 0 fully saturated rings. The molecule has 0 amide bonds. The third-order valence-corrected chi connectivity index (χ3v) is 3.24. The van der Waals surface area contributed by atoms with Gasteiger partial charge in [0.05, 0.1) is 18.4 Å². The predicted molar refractivity (Wildman–Crippen MR) is 71.7 cm³/mol. The first-order chi connectivity index (χ1) is 10.1. The molecule has 1 N–H and O–H groups in total. The van der Waals surface area contributed by atoms with Gasteiger partial charge in [-0.3, -0.25) is 9.36 Å². The van der Waals surface area contributed by atoms with Crippen LogP contribution in [0, 0.1) is 6.92 Å². The van der Waals surface area contributed by atoms with Gasteiger partial charge in [-0.05, 0) is 13.0 Å². The average Bonchev–Trinajstić information content (AvgIpc) is 3.00. The van der Waals surface area contributed by atoms with E-state index in [0.29, 0.717) is 13.1 Å². The Labute approximate surface area is 120 Å². The van der Waals surface area contributed by atoms with E-state index in [4.69, 9.17) is 0 Å². The van der Waals surface area contributed by atoms with Crippen LogP contribution in [0.15, 0.2) is 18.5 Å². The molecule has 0 aliphatic carbocycles. The highest BCUT2D eigenvalue weighted by molar-refractivity contribution is 5.16. The molecule has 116 valence electrons. The molecule has 0 bridgehead atoms. The van der Waals surface area contributed by atoms with Gasteiger partial charge in [0, 0.05) is 30.5 Å². The number of aromatic nitrogens is 4. The Hall–Kier alpha value is -1.83. The van der Waals surface area contributed by atoms with E-state index in [1.54, 1.807) is 24.0 Å². The number of alkyl halides is 3. The van der Waals surface area contributed by atoms with Crippen LogP contribution in [0.5, 0.6) is 0 Å². The predicted octanol–water partition coefficient (Wildman–Crippen LogP) is 1.91. The molecule has 2 rings (SSSR count). The lowest BCUT2D eigenvalue weighted by Gasteiger charge is -2.08. The highest BCUT2D eigenvalue weighted by Gasteiger charge is 2.11. The minimum atomic E-state index is -2.42. The lowest BCUT2D eigenvalue weighted by molar-refractivity contribution is 0.121. The number of nitrogens with zero attached hydrogens (tertiary/aromatic N) is 4. The van der Waals surface area contributed by atoms with Crippen LogP contribution in [0.25, 0.3) is 0 Å². The molecule has 2 aromatic heterocycles. The van der Waals surface area contributed by atoms with E-state index in [2.05, 4.69) is 15.5 Å². The summed E-state index contributed by atoms with van der Waals surface area (Å²) < 4.78 is 39.9. The molecule has 0 atom stereocenters. The summed E-state index contributed by atoms with van der Waals surface area (Å²) in [6.45, 7) is 2.17. The van der Waals surface area contributed by atoms with E-state index in [1.807, 2.05) is 6.07 Å². The molecule has 0 saturated carbocycles. The van der Waals surface area contributed by atoms with Crippen LogP contribution in [-0.2, 0) is 26.2 Å². The fourth-order valence-electron chi connectivity index (χ4n) is 2.09.